The third kappa shape index (κ3) is 4.48. The highest BCUT2D eigenvalue weighted by atomic mass is 32.1. The second-order valence-electron chi connectivity index (χ2n) is 6.52. The van der Waals surface area contributed by atoms with Crippen molar-refractivity contribution in [3.05, 3.63) is 58.1 Å². The van der Waals surface area contributed by atoms with Crippen LogP contribution >= 0.6 is 11.3 Å². The van der Waals surface area contributed by atoms with E-state index in [9.17, 15) is 0 Å². The van der Waals surface area contributed by atoms with Gasteiger partial charge in [0.25, 0.3) is 0 Å². The molecule has 1 N–H and O–H groups in total. The number of aliphatic imine (C=N–C) groups is 1. The molecule has 25 heavy (non-hydrogen) atoms. The Bertz CT molecular complexity index is 746. The number of guanidine groups is 1. The van der Waals surface area contributed by atoms with Crippen LogP contribution < -0.4 is 5.32 Å². The highest BCUT2D eigenvalue weighted by Crippen LogP contribution is 2.22. The van der Waals surface area contributed by atoms with E-state index in [1.54, 1.807) is 11.3 Å². The van der Waals surface area contributed by atoms with Crippen LogP contribution in [0.15, 0.2) is 46.8 Å². The minimum Gasteiger partial charge on any atom is -0.351 e. The summed E-state index contributed by atoms with van der Waals surface area (Å²) >= 11 is 1.74. The molecule has 4 nitrogen and oxygen atoms in total. The molecule has 0 radical (unpaired) electrons. The van der Waals surface area contributed by atoms with Gasteiger partial charge in [-0.25, -0.2) is 4.98 Å². The second kappa shape index (κ2) is 8.30. The van der Waals surface area contributed by atoms with Crippen molar-refractivity contribution in [3.8, 4) is 0 Å². The molecule has 0 saturated heterocycles. The first-order valence-corrected chi connectivity index (χ1v) is 9.69. The molecule has 5 heteroatoms. The second-order valence-corrected chi connectivity index (χ2v) is 7.41. The normalized spacial score (nSPS) is 15.4. The number of thiazole rings is 1. The van der Waals surface area contributed by atoms with Gasteiger partial charge in [-0.2, -0.15) is 0 Å². The van der Waals surface area contributed by atoms with E-state index >= 15 is 0 Å². The molecule has 1 aromatic heterocycles. The average Bonchev–Trinajstić information content (AvgIpc) is 3.13. The van der Waals surface area contributed by atoms with Gasteiger partial charge in [0.2, 0.25) is 0 Å². The van der Waals surface area contributed by atoms with E-state index in [0.29, 0.717) is 5.92 Å². The molecule has 0 bridgehead atoms. The molecule has 2 aromatic rings. The van der Waals surface area contributed by atoms with Gasteiger partial charge in [0.1, 0.15) is 0 Å². The van der Waals surface area contributed by atoms with Crippen LogP contribution in [0.3, 0.4) is 0 Å². The van der Waals surface area contributed by atoms with Crippen LogP contribution in [0.25, 0.3) is 5.57 Å². The van der Waals surface area contributed by atoms with Crippen LogP contribution in [0.4, 0.5) is 0 Å². The lowest BCUT2D eigenvalue weighted by atomic mass is 10.00. The number of aromatic nitrogens is 1. The average molecular weight is 355 g/mol. The third-order valence-electron chi connectivity index (χ3n) is 4.36. The van der Waals surface area contributed by atoms with Gasteiger partial charge in [-0.3, -0.25) is 4.99 Å². The van der Waals surface area contributed by atoms with Crippen LogP contribution in [0, 0.1) is 0 Å². The monoisotopic (exact) mass is 354 g/mol. The minimum absolute atomic E-state index is 0.488. The summed E-state index contributed by atoms with van der Waals surface area (Å²) < 4.78 is 0. The molecule has 1 aliphatic rings. The summed E-state index contributed by atoms with van der Waals surface area (Å²) in [7, 11) is 1.85. The lowest BCUT2D eigenvalue weighted by molar-refractivity contribution is 0.439. The summed E-state index contributed by atoms with van der Waals surface area (Å²) in [5.74, 6) is 1.43. The smallest absolute Gasteiger partial charge is 0.194 e. The minimum atomic E-state index is 0.488. The molecule has 2 heterocycles. The van der Waals surface area contributed by atoms with Gasteiger partial charge in [-0.05, 0) is 17.6 Å². The first-order chi connectivity index (χ1) is 12.2. The zero-order valence-corrected chi connectivity index (χ0v) is 16.0. The van der Waals surface area contributed by atoms with Crippen molar-refractivity contribution in [1.82, 2.24) is 15.2 Å². The van der Waals surface area contributed by atoms with Crippen LogP contribution in [0.5, 0.6) is 0 Å². The molecule has 0 aliphatic carbocycles. The van der Waals surface area contributed by atoms with E-state index in [1.165, 1.54) is 16.1 Å². The zero-order chi connectivity index (χ0) is 17.6. The molecule has 132 valence electrons. The fourth-order valence-electron chi connectivity index (χ4n) is 2.95. The zero-order valence-electron chi connectivity index (χ0n) is 15.2. The van der Waals surface area contributed by atoms with Crippen LogP contribution in [-0.2, 0) is 6.54 Å². The van der Waals surface area contributed by atoms with Crippen LogP contribution in [0.2, 0.25) is 0 Å². The van der Waals surface area contributed by atoms with E-state index < -0.39 is 0 Å². The molecule has 0 amide bonds. The summed E-state index contributed by atoms with van der Waals surface area (Å²) in [6.07, 6.45) is 3.35. The Morgan fingerprint density at radius 1 is 1.32 bits per heavy atom. The summed E-state index contributed by atoms with van der Waals surface area (Å²) in [5.41, 5.74) is 3.84. The SMILES string of the molecule is CN=C(NCc1csc(C(C)C)n1)N1CC=C(c2ccccc2)CC1. The van der Waals surface area contributed by atoms with Crippen molar-refractivity contribution in [1.29, 1.82) is 0 Å². The van der Waals surface area contributed by atoms with E-state index in [-0.39, 0.29) is 0 Å². The fourth-order valence-corrected chi connectivity index (χ4v) is 3.78. The van der Waals surface area contributed by atoms with E-state index in [4.69, 9.17) is 0 Å². The largest absolute Gasteiger partial charge is 0.351 e. The summed E-state index contributed by atoms with van der Waals surface area (Å²) in [4.78, 5) is 11.4. The summed E-state index contributed by atoms with van der Waals surface area (Å²) in [5, 5.41) is 6.79. The Morgan fingerprint density at radius 3 is 2.72 bits per heavy atom. The van der Waals surface area contributed by atoms with Crippen LogP contribution in [0.1, 0.15) is 42.5 Å². The van der Waals surface area contributed by atoms with Crippen molar-refractivity contribution in [2.75, 3.05) is 20.1 Å². The predicted octanol–water partition coefficient (Wildman–Crippen LogP) is 4.13. The number of benzene rings is 1. The van der Waals surface area contributed by atoms with Gasteiger partial charge in [0.15, 0.2) is 5.96 Å². The van der Waals surface area contributed by atoms with Gasteiger partial charge >= 0.3 is 0 Å². The first-order valence-electron chi connectivity index (χ1n) is 8.81. The maximum atomic E-state index is 4.68. The van der Waals surface area contributed by atoms with Crippen molar-refractivity contribution in [3.63, 3.8) is 0 Å². The Balaban J connectivity index is 1.58. The maximum Gasteiger partial charge on any atom is 0.194 e. The molecule has 3 rings (SSSR count). The summed E-state index contributed by atoms with van der Waals surface area (Å²) in [6.45, 7) is 6.95. The van der Waals surface area contributed by atoms with E-state index in [2.05, 4.69) is 75.8 Å². The van der Waals surface area contributed by atoms with E-state index in [0.717, 1.165) is 37.7 Å². The van der Waals surface area contributed by atoms with Crippen molar-refractivity contribution >= 4 is 22.9 Å². The number of nitrogens with zero attached hydrogens (tertiary/aromatic N) is 3. The molecule has 0 atom stereocenters. The first kappa shape index (κ1) is 17.7. The van der Waals surface area contributed by atoms with Gasteiger partial charge < -0.3 is 10.2 Å². The third-order valence-corrected chi connectivity index (χ3v) is 5.55. The number of hydrogen-bond donors (Lipinski definition) is 1. The molecule has 0 unspecified atom stereocenters. The fraction of sp³-hybridized carbons (Fsp3) is 0.400. The van der Waals surface area contributed by atoms with Crippen LogP contribution in [-0.4, -0.2) is 36.0 Å². The predicted molar refractivity (Wildman–Crippen MR) is 107 cm³/mol. The van der Waals surface area contributed by atoms with Gasteiger partial charge in [0.05, 0.1) is 17.2 Å². The Hall–Kier alpha value is -2.14. The highest BCUT2D eigenvalue weighted by Gasteiger charge is 2.16. The molecule has 1 aliphatic heterocycles. The Kier molecular flexibility index (Phi) is 5.87. The molecule has 1 aromatic carbocycles. The van der Waals surface area contributed by atoms with Gasteiger partial charge in [-0.15, -0.1) is 11.3 Å². The molecule has 0 spiro atoms. The molecular formula is C20H26N4S. The number of rotatable bonds is 4. The van der Waals surface area contributed by atoms with Crippen molar-refractivity contribution < 1.29 is 0 Å². The van der Waals surface area contributed by atoms with Gasteiger partial charge in [0, 0.05) is 31.4 Å². The summed E-state index contributed by atoms with van der Waals surface area (Å²) in [6, 6.07) is 10.6. The molecule has 0 saturated carbocycles. The maximum absolute atomic E-state index is 4.68. The van der Waals surface area contributed by atoms with Crippen molar-refractivity contribution in [2.24, 2.45) is 4.99 Å². The topological polar surface area (TPSA) is 40.5 Å². The van der Waals surface area contributed by atoms with E-state index in [1.807, 2.05) is 7.05 Å². The lowest BCUT2D eigenvalue weighted by Gasteiger charge is -2.29. The molecule has 0 fully saturated rings. The molecular weight excluding hydrogens is 328 g/mol. The number of nitrogens with one attached hydrogen (secondary N) is 1. The Labute approximate surface area is 154 Å². The quantitative estimate of drug-likeness (QED) is 0.663. The van der Waals surface area contributed by atoms with Crippen molar-refractivity contribution in [2.45, 2.75) is 32.7 Å². The lowest BCUT2D eigenvalue weighted by Crippen LogP contribution is -2.43. The van der Waals surface area contributed by atoms with Gasteiger partial charge in [-0.1, -0.05) is 50.3 Å². The standard InChI is InChI=1S/C20H26N4S/c1-15(2)19-23-18(14-25-19)13-22-20(21-3)24-11-9-17(10-12-24)16-7-5-4-6-8-16/h4-9,14-15H,10-13H2,1-3H3,(H,21,22). The Morgan fingerprint density at radius 2 is 2.12 bits per heavy atom. The highest BCUT2D eigenvalue weighted by molar-refractivity contribution is 7.09. The number of hydrogen-bond acceptors (Lipinski definition) is 3.